The van der Waals surface area contributed by atoms with E-state index in [0.717, 1.165) is 10.9 Å². The van der Waals surface area contributed by atoms with E-state index in [1.54, 1.807) is 18.2 Å². The largest absolute Gasteiger partial charge is 0.327 e. The maximum atomic E-state index is 11.0. The number of nitrogens with one attached hydrogen (secondary N) is 1. The van der Waals surface area contributed by atoms with Crippen molar-refractivity contribution in [1.82, 2.24) is 19.7 Å². The lowest BCUT2D eigenvalue weighted by atomic mass is 10.2. The lowest BCUT2D eigenvalue weighted by Gasteiger charge is -2.00. The predicted octanol–water partition coefficient (Wildman–Crippen LogP) is 2.87. The number of hydrazone groups is 1. The molecule has 0 unspecified atom stereocenters. The van der Waals surface area contributed by atoms with Gasteiger partial charge in [-0.2, -0.15) is 10.1 Å². The van der Waals surface area contributed by atoms with E-state index in [1.165, 1.54) is 12.3 Å². The normalized spacial score (nSPS) is 11.4. The van der Waals surface area contributed by atoms with Gasteiger partial charge in [-0.15, -0.1) is 10.2 Å². The van der Waals surface area contributed by atoms with Crippen LogP contribution in [0.3, 0.4) is 0 Å². The fraction of sp³-hybridized carbons (Fsp3) is 0.0588. The monoisotopic (exact) mass is 347 g/mol. The Balaban J connectivity index is 1.65. The summed E-state index contributed by atoms with van der Waals surface area (Å²) in [6, 6.07) is 14.2. The zero-order valence-electron chi connectivity index (χ0n) is 13.7. The number of aromatic nitrogens is 4. The quantitative estimate of drug-likeness (QED) is 0.345. The molecule has 0 saturated carbocycles. The molecule has 0 bridgehead atoms. The van der Waals surface area contributed by atoms with E-state index in [1.807, 2.05) is 35.9 Å². The number of hydrogen-bond acceptors (Lipinski definition) is 7. The highest BCUT2D eigenvalue weighted by atomic mass is 16.6. The highest BCUT2D eigenvalue weighted by molar-refractivity contribution is 6.04. The smallest absolute Gasteiger partial charge is 0.278 e. The lowest BCUT2D eigenvalue weighted by Crippen LogP contribution is -2.01. The van der Waals surface area contributed by atoms with Crippen LogP contribution in [-0.4, -0.2) is 30.9 Å². The molecule has 1 N–H and O–H groups in total. The highest BCUT2D eigenvalue weighted by Gasteiger charge is 2.12. The van der Waals surface area contributed by atoms with Gasteiger partial charge in [0.25, 0.3) is 11.6 Å². The predicted molar refractivity (Wildman–Crippen MR) is 98.1 cm³/mol. The average molecular weight is 347 g/mol. The summed E-state index contributed by atoms with van der Waals surface area (Å²) >= 11 is 0. The third-order valence-electron chi connectivity index (χ3n) is 4.01. The number of nitro benzene ring substituents is 1. The van der Waals surface area contributed by atoms with Gasteiger partial charge in [-0.25, -0.2) is 5.43 Å². The summed E-state index contributed by atoms with van der Waals surface area (Å²) in [7, 11) is 1.90. The molecule has 0 fully saturated rings. The van der Waals surface area contributed by atoms with Gasteiger partial charge in [-0.3, -0.25) is 10.1 Å². The fourth-order valence-electron chi connectivity index (χ4n) is 2.78. The number of hydrogen-bond donors (Lipinski definition) is 1. The molecule has 2 aromatic heterocycles. The summed E-state index contributed by atoms with van der Waals surface area (Å²) in [4.78, 5) is 15.0. The number of benzene rings is 2. The van der Waals surface area contributed by atoms with E-state index >= 15 is 0 Å². The Labute approximate surface area is 147 Å². The van der Waals surface area contributed by atoms with E-state index in [4.69, 9.17) is 0 Å². The first-order chi connectivity index (χ1) is 12.6. The van der Waals surface area contributed by atoms with E-state index in [9.17, 15) is 10.1 Å². The van der Waals surface area contributed by atoms with Crippen molar-refractivity contribution in [2.75, 3.05) is 5.43 Å². The topological polar surface area (TPSA) is 111 Å². The molecule has 0 atom stereocenters. The van der Waals surface area contributed by atoms with E-state index in [-0.39, 0.29) is 11.6 Å². The molecule has 0 aliphatic rings. The molecule has 0 aliphatic heterocycles. The standard InChI is InChI=1S/C17H13N7O2/c1-23-14-9-5-3-7-12(14)15-16(23)19-17(22-20-15)21-18-10-11-6-2-4-8-13(11)24(25)26/h2-10H,1H3,(H,19,21,22)/b18-10+. The molecule has 0 saturated heterocycles. The van der Waals surface area contributed by atoms with Crippen molar-refractivity contribution in [2.45, 2.75) is 0 Å². The summed E-state index contributed by atoms with van der Waals surface area (Å²) < 4.78 is 1.93. The number of nitrogens with zero attached hydrogens (tertiary/aromatic N) is 6. The second kappa shape index (κ2) is 6.20. The SMILES string of the molecule is Cn1c2ccccc2c2nnc(N/N=C/c3ccccc3[N+](=O)[O-])nc21. The van der Waals surface area contributed by atoms with E-state index < -0.39 is 4.92 Å². The van der Waals surface area contributed by atoms with Gasteiger partial charge in [-0.1, -0.05) is 30.3 Å². The van der Waals surface area contributed by atoms with Crippen LogP contribution in [0.2, 0.25) is 0 Å². The van der Waals surface area contributed by atoms with Crippen LogP contribution in [0.15, 0.2) is 53.6 Å². The molecule has 0 spiro atoms. The van der Waals surface area contributed by atoms with Crippen molar-refractivity contribution < 1.29 is 4.92 Å². The summed E-state index contributed by atoms with van der Waals surface area (Å²) in [6.07, 6.45) is 1.35. The molecule has 2 aromatic carbocycles. The summed E-state index contributed by atoms with van der Waals surface area (Å²) in [5, 5.41) is 24.2. The number of nitro groups is 1. The minimum absolute atomic E-state index is 0.0266. The molecule has 26 heavy (non-hydrogen) atoms. The third kappa shape index (κ3) is 2.61. The Morgan fingerprint density at radius 2 is 1.92 bits per heavy atom. The minimum Gasteiger partial charge on any atom is -0.327 e. The number of anilines is 1. The first-order valence-corrected chi connectivity index (χ1v) is 7.75. The van der Waals surface area contributed by atoms with Crippen molar-refractivity contribution in [3.63, 3.8) is 0 Å². The highest BCUT2D eigenvalue weighted by Crippen LogP contribution is 2.24. The molecule has 4 rings (SSSR count). The first kappa shape index (κ1) is 15.6. The van der Waals surface area contributed by atoms with Gasteiger partial charge in [-0.05, 0) is 12.1 Å². The van der Waals surface area contributed by atoms with E-state index in [2.05, 4.69) is 25.7 Å². The Bertz CT molecular complexity index is 1170. The van der Waals surface area contributed by atoms with Gasteiger partial charge >= 0.3 is 0 Å². The first-order valence-electron chi connectivity index (χ1n) is 7.75. The zero-order valence-corrected chi connectivity index (χ0v) is 13.7. The van der Waals surface area contributed by atoms with Crippen molar-refractivity contribution >= 4 is 39.9 Å². The second-order valence-electron chi connectivity index (χ2n) is 5.57. The Kier molecular flexibility index (Phi) is 3.73. The zero-order chi connectivity index (χ0) is 18.1. The van der Waals surface area contributed by atoms with Gasteiger partial charge < -0.3 is 4.57 Å². The van der Waals surface area contributed by atoms with Crippen LogP contribution in [0.1, 0.15) is 5.56 Å². The second-order valence-corrected chi connectivity index (χ2v) is 5.57. The van der Waals surface area contributed by atoms with E-state index in [0.29, 0.717) is 16.7 Å². The molecule has 4 aromatic rings. The Hall–Kier alpha value is -3.88. The maximum absolute atomic E-state index is 11.0. The number of para-hydroxylation sites is 2. The molecular formula is C17H13N7O2. The van der Waals surface area contributed by atoms with Crippen LogP contribution in [-0.2, 0) is 7.05 Å². The third-order valence-corrected chi connectivity index (χ3v) is 4.01. The van der Waals surface area contributed by atoms with Gasteiger partial charge in [0.15, 0.2) is 5.65 Å². The van der Waals surface area contributed by atoms with Crippen LogP contribution < -0.4 is 5.43 Å². The molecule has 2 heterocycles. The molecule has 128 valence electrons. The Morgan fingerprint density at radius 3 is 2.77 bits per heavy atom. The lowest BCUT2D eigenvalue weighted by molar-refractivity contribution is -0.385. The van der Waals surface area contributed by atoms with Crippen molar-refractivity contribution in [3.05, 3.63) is 64.2 Å². The van der Waals surface area contributed by atoms with Gasteiger partial charge in [0.05, 0.1) is 22.2 Å². The fourth-order valence-corrected chi connectivity index (χ4v) is 2.78. The molecular weight excluding hydrogens is 334 g/mol. The van der Waals surface area contributed by atoms with Crippen LogP contribution in [0.4, 0.5) is 11.6 Å². The minimum atomic E-state index is -0.457. The van der Waals surface area contributed by atoms with Gasteiger partial charge in [0.1, 0.15) is 5.52 Å². The average Bonchev–Trinajstić information content (AvgIpc) is 2.95. The van der Waals surface area contributed by atoms with Gasteiger partial charge in [0, 0.05) is 18.5 Å². The maximum Gasteiger partial charge on any atom is 0.278 e. The van der Waals surface area contributed by atoms with Crippen LogP contribution in [0, 0.1) is 10.1 Å². The van der Waals surface area contributed by atoms with Crippen LogP contribution in [0.5, 0.6) is 0 Å². The molecule has 0 aliphatic carbocycles. The van der Waals surface area contributed by atoms with Crippen molar-refractivity contribution in [3.8, 4) is 0 Å². The van der Waals surface area contributed by atoms with Crippen LogP contribution in [0.25, 0.3) is 22.1 Å². The molecule has 9 nitrogen and oxygen atoms in total. The van der Waals surface area contributed by atoms with Crippen LogP contribution >= 0.6 is 0 Å². The summed E-state index contributed by atoms with van der Waals surface area (Å²) in [5.41, 5.74) is 5.40. The molecule has 0 amide bonds. The number of rotatable bonds is 4. The molecule has 9 heteroatoms. The summed E-state index contributed by atoms with van der Waals surface area (Å²) in [5.74, 6) is 0.207. The number of fused-ring (bicyclic) bond motifs is 3. The van der Waals surface area contributed by atoms with Crippen molar-refractivity contribution in [1.29, 1.82) is 0 Å². The summed E-state index contributed by atoms with van der Waals surface area (Å²) in [6.45, 7) is 0. The van der Waals surface area contributed by atoms with Gasteiger partial charge in [0.2, 0.25) is 0 Å². The molecule has 0 radical (unpaired) electrons. The number of aryl methyl sites for hydroxylation is 1. The van der Waals surface area contributed by atoms with Crippen molar-refractivity contribution in [2.24, 2.45) is 12.1 Å². The Morgan fingerprint density at radius 1 is 1.15 bits per heavy atom.